The molecule has 134 valence electrons. The predicted octanol–water partition coefficient (Wildman–Crippen LogP) is 3.09. The fourth-order valence-electron chi connectivity index (χ4n) is 2.46. The summed E-state index contributed by atoms with van der Waals surface area (Å²) in [5.74, 6) is 1.63. The fourth-order valence-corrected chi connectivity index (χ4v) is 2.46. The van der Waals surface area contributed by atoms with Crippen LogP contribution in [0.3, 0.4) is 0 Å². The van der Waals surface area contributed by atoms with Crippen LogP contribution in [-0.2, 0) is 17.6 Å². The van der Waals surface area contributed by atoms with Gasteiger partial charge in [0.25, 0.3) is 0 Å². The Morgan fingerprint density at radius 3 is 2.28 bits per heavy atom. The lowest BCUT2D eigenvalue weighted by atomic mass is 10.1. The molecule has 1 amide bonds. The molecule has 0 aliphatic carbocycles. The summed E-state index contributed by atoms with van der Waals surface area (Å²) in [5, 5.41) is 12.2. The van der Waals surface area contributed by atoms with Gasteiger partial charge < -0.3 is 19.9 Å². The summed E-state index contributed by atoms with van der Waals surface area (Å²) in [6.45, 7) is 5.59. The molecule has 2 rings (SSSR count). The molecule has 0 atom stereocenters. The van der Waals surface area contributed by atoms with E-state index in [1.165, 1.54) is 0 Å². The minimum atomic E-state index is -0.0401. The van der Waals surface area contributed by atoms with Crippen molar-refractivity contribution in [2.75, 3.05) is 19.8 Å². The van der Waals surface area contributed by atoms with Crippen molar-refractivity contribution in [3.63, 3.8) is 0 Å². The van der Waals surface area contributed by atoms with Gasteiger partial charge in [-0.25, -0.2) is 0 Å². The van der Waals surface area contributed by atoms with Crippen LogP contribution in [-0.4, -0.2) is 30.8 Å². The molecular weight excluding hydrogens is 318 g/mol. The highest BCUT2D eigenvalue weighted by Crippen LogP contribution is 2.28. The van der Waals surface area contributed by atoms with Gasteiger partial charge in [-0.3, -0.25) is 4.79 Å². The van der Waals surface area contributed by atoms with Gasteiger partial charge in [0.15, 0.2) is 11.5 Å². The predicted molar refractivity (Wildman–Crippen MR) is 97.3 cm³/mol. The van der Waals surface area contributed by atoms with Crippen LogP contribution in [0.4, 0.5) is 0 Å². The van der Waals surface area contributed by atoms with Crippen LogP contribution < -0.4 is 14.8 Å². The first-order valence-electron chi connectivity index (χ1n) is 8.55. The summed E-state index contributed by atoms with van der Waals surface area (Å²) in [4.78, 5) is 12.0. The van der Waals surface area contributed by atoms with Crippen molar-refractivity contribution in [1.82, 2.24) is 5.32 Å². The third kappa shape index (κ3) is 6.03. The number of carbonyl (C=O) groups excluding carboxylic acids is 1. The van der Waals surface area contributed by atoms with Gasteiger partial charge in [0, 0.05) is 6.54 Å². The zero-order chi connectivity index (χ0) is 18.1. The second-order valence-corrected chi connectivity index (χ2v) is 5.59. The second-order valence-electron chi connectivity index (χ2n) is 5.59. The van der Waals surface area contributed by atoms with E-state index in [-0.39, 0.29) is 11.7 Å². The number of nitrogens with one attached hydrogen (secondary N) is 1. The van der Waals surface area contributed by atoms with Crippen molar-refractivity contribution < 1.29 is 19.4 Å². The Bertz CT molecular complexity index is 683. The number of carbonyl (C=O) groups is 1. The van der Waals surface area contributed by atoms with Gasteiger partial charge in [-0.15, -0.1) is 0 Å². The lowest BCUT2D eigenvalue weighted by Crippen LogP contribution is -2.27. The molecule has 2 aromatic rings. The highest BCUT2D eigenvalue weighted by Gasteiger charge is 2.07. The van der Waals surface area contributed by atoms with Crippen LogP contribution in [0.5, 0.6) is 17.2 Å². The van der Waals surface area contributed by atoms with Crippen LogP contribution in [0.25, 0.3) is 0 Å². The molecule has 0 unspecified atom stereocenters. The highest BCUT2D eigenvalue weighted by molar-refractivity contribution is 5.78. The largest absolute Gasteiger partial charge is 0.508 e. The van der Waals surface area contributed by atoms with E-state index in [9.17, 15) is 9.90 Å². The van der Waals surface area contributed by atoms with Crippen molar-refractivity contribution in [2.45, 2.75) is 26.7 Å². The molecule has 2 aromatic carbocycles. The van der Waals surface area contributed by atoms with Crippen molar-refractivity contribution in [2.24, 2.45) is 0 Å². The molecule has 0 heterocycles. The molecule has 2 N–H and O–H groups in total. The quantitative estimate of drug-likeness (QED) is 0.734. The van der Waals surface area contributed by atoms with Crippen molar-refractivity contribution in [3.05, 3.63) is 53.6 Å². The summed E-state index contributed by atoms with van der Waals surface area (Å²) >= 11 is 0. The lowest BCUT2D eigenvalue weighted by Gasteiger charge is -2.12. The molecule has 5 heteroatoms. The third-order valence-electron chi connectivity index (χ3n) is 3.64. The Kier molecular flexibility index (Phi) is 7.14. The third-order valence-corrected chi connectivity index (χ3v) is 3.64. The number of benzene rings is 2. The molecule has 0 aromatic heterocycles. The zero-order valence-corrected chi connectivity index (χ0v) is 14.7. The summed E-state index contributed by atoms with van der Waals surface area (Å²) in [5.41, 5.74) is 1.95. The normalized spacial score (nSPS) is 10.3. The number of rotatable bonds is 9. The van der Waals surface area contributed by atoms with Crippen molar-refractivity contribution in [3.8, 4) is 17.2 Å². The van der Waals surface area contributed by atoms with E-state index in [2.05, 4.69) is 5.32 Å². The van der Waals surface area contributed by atoms with Crippen molar-refractivity contribution in [1.29, 1.82) is 0 Å². The molecule has 0 aliphatic rings. The average Bonchev–Trinajstić information content (AvgIpc) is 2.59. The highest BCUT2D eigenvalue weighted by atomic mass is 16.5. The number of hydrogen-bond acceptors (Lipinski definition) is 4. The van der Waals surface area contributed by atoms with Crippen LogP contribution in [0.15, 0.2) is 42.5 Å². The molecule has 25 heavy (non-hydrogen) atoms. The fraction of sp³-hybridized carbons (Fsp3) is 0.350. The van der Waals surface area contributed by atoms with E-state index in [0.29, 0.717) is 32.6 Å². The van der Waals surface area contributed by atoms with Gasteiger partial charge in [0.05, 0.1) is 19.6 Å². The van der Waals surface area contributed by atoms with E-state index in [4.69, 9.17) is 9.47 Å². The maximum absolute atomic E-state index is 12.0. The Hall–Kier alpha value is -2.69. The number of phenolic OH excluding ortho intramolecular Hbond substituents is 1. The summed E-state index contributed by atoms with van der Waals surface area (Å²) in [6, 6.07) is 12.5. The molecule has 0 spiro atoms. The van der Waals surface area contributed by atoms with Crippen LogP contribution in [0.1, 0.15) is 25.0 Å². The van der Waals surface area contributed by atoms with Gasteiger partial charge in [-0.2, -0.15) is 0 Å². The van der Waals surface area contributed by atoms with Crippen LogP contribution in [0, 0.1) is 0 Å². The number of hydrogen-bond donors (Lipinski definition) is 2. The number of amides is 1. The van der Waals surface area contributed by atoms with Crippen LogP contribution >= 0.6 is 0 Å². The van der Waals surface area contributed by atoms with Gasteiger partial charge >= 0.3 is 0 Å². The SMILES string of the molecule is CCOc1ccc(CCNC(=O)Cc2ccc(O)cc2)cc1OCC. The van der Waals surface area contributed by atoms with Gasteiger partial charge in [0.1, 0.15) is 5.75 Å². The summed E-state index contributed by atoms with van der Waals surface area (Å²) < 4.78 is 11.2. The van der Waals surface area contributed by atoms with Gasteiger partial charge in [-0.1, -0.05) is 18.2 Å². The first kappa shape index (κ1) is 18.6. The molecule has 0 saturated carbocycles. The molecule has 0 bridgehead atoms. The Morgan fingerprint density at radius 2 is 1.60 bits per heavy atom. The molecule has 0 fully saturated rings. The van der Waals surface area contributed by atoms with Gasteiger partial charge in [0.2, 0.25) is 5.91 Å². The Morgan fingerprint density at radius 1 is 0.960 bits per heavy atom. The summed E-state index contributed by atoms with van der Waals surface area (Å²) in [7, 11) is 0. The lowest BCUT2D eigenvalue weighted by molar-refractivity contribution is -0.120. The zero-order valence-electron chi connectivity index (χ0n) is 14.7. The topological polar surface area (TPSA) is 67.8 Å². The first-order chi connectivity index (χ1) is 12.1. The maximum Gasteiger partial charge on any atom is 0.224 e. The standard InChI is InChI=1S/C20H25NO4/c1-3-24-18-10-7-16(13-19(18)25-4-2)11-12-21-20(23)14-15-5-8-17(22)9-6-15/h5-10,13,22H,3-4,11-12,14H2,1-2H3,(H,21,23). The molecule has 5 nitrogen and oxygen atoms in total. The second kappa shape index (κ2) is 9.57. The monoisotopic (exact) mass is 343 g/mol. The smallest absolute Gasteiger partial charge is 0.224 e. The number of phenols is 1. The molecular formula is C20H25NO4. The average molecular weight is 343 g/mol. The first-order valence-corrected chi connectivity index (χ1v) is 8.55. The van der Waals surface area contributed by atoms with E-state index >= 15 is 0 Å². The minimum absolute atomic E-state index is 0.0401. The maximum atomic E-state index is 12.0. The van der Waals surface area contributed by atoms with Crippen LogP contribution in [0.2, 0.25) is 0 Å². The minimum Gasteiger partial charge on any atom is -0.508 e. The number of ether oxygens (including phenoxy) is 2. The Balaban J connectivity index is 1.85. The van der Waals surface area contributed by atoms with Gasteiger partial charge in [-0.05, 0) is 55.7 Å². The molecule has 0 saturated heterocycles. The van der Waals surface area contributed by atoms with E-state index < -0.39 is 0 Å². The van der Waals surface area contributed by atoms with E-state index in [1.807, 2.05) is 32.0 Å². The molecule has 0 aliphatic heterocycles. The Labute approximate surface area is 148 Å². The van der Waals surface area contributed by atoms with Crippen molar-refractivity contribution >= 4 is 5.91 Å². The van der Waals surface area contributed by atoms with E-state index in [0.717, 1.165) is 22.6 Å². The van der Waals surface area contributed by atoms with E-state index in [1.54, 1.807) is 24.3 Å². The number of aromatic hydroxyl groups is 1. The molecule has 0 radical (unpaired) electrons. The summed E-state index contributed by atoms with van der Waals surface area (Å²) in [6.07, 6.45) is 1.02.